The van der Waals surface area contributed by atoms with E-state index in [0.29, 0.717) is 27.4 Å². The standard InChI is InChI=1S/C22H12BrClN2O3/c23-13-7-8-16-15(11-13)20(27)18-19(12-4-3-5-14(24)10-12)26(22(28)21(18)29-16)17-6-1-2-9-25-17/h1-11,19H. The van der Waals surface area contributed by atoms with E-state index in [1.165, 1.54) is 4.90 Å². The molecule has 0 radical (unpaired) electrons. The minimum absolute atomic E-state index is 0.0282. The summed E-state index contributed by atoms with van der Waals surface area (Å²) in [5.41, 5.74) is 1.10. The molecule has 1 atom stereocenters. The van der Waals surface area contributed by atoms with Crippen LogP contribution in [0, 0.1) is 0 Å². The minimum atomic E-state index is -0.689. The third-order valence-electron chi connectivity index (χ3n) is 4.89. The summed E-state index contributed by atoms with van der Waals surface area (Å²) in [6.07, 6.45) is 1.60. The lowest BCUT2D eigenvalue weighted by Gasteiger charge is -2.24. The molecular formula is C22H12BrClN2O3. The summed E-state index contributed by atoms with van der Waals surface area (Å²) >= 11 is 9.60. The van der Waals surface area contributed by atoms with E-state index < -0.39 is 11.9 Å². The number of pyridine rings is 1. The van der Waals surface area contributed by atoms with Gasteiger partial charge in [-0.1, -0.05) is 45.7 Å². The van der Waals surface area contributed by atoms with Crippen molar-refractivity contribution in [1.29, 1.82) is 0 Å². The van der Waals surface area contributed by atoms with Crippen LogP contribution in [0.2, 0.25) is 5.02 Å². The van der Waals surface area contributed by atoms with Gasteiger partial charge in [0.1, 0.15) is 11.4 Å². The van der Waals surface area contributed by atoms with Gasteiger partial charge >= 0.3 is 0 Å². The summed E-state index contributed by atoms with van der Waals surface area (Å²) in [5, 5.41) is 0.915. The molecule has 1 unspecified atom stereocenters. The molecule has 29 heavy (non-hydrogen) atoms. The zero-order valence-electron chi connectivity index (χ0n) is 14.8. The molecule has 4 aromatic rings. The van der Waals surface area contributed by atoms with E-state index in [-0.39, 0.29) is 16.8 Å². The Labute approximate surface area is 178 Å². The molecule has 5 nitrogen and oxygen atoms in total. The Bertz CT molecular complexity index is 1340. The number of fused-ring (bicyclic) bond motifs is 2. The summed E-state index contributed by atoms with van der Waals surface area (Å²) in [4.78, 5) is 32.6. The van der Waals surface area contributed by atoms with Gasteiger partial charge < -0.3 is 4.42 Å². The molecule has 7 heteroatoms. The highest BCUT2D eigenvalue weighted by atomic mass is 79.9. The molecule has 0 aliphatic carbocycles. The van der Waals surface area contributed by atoms with Gasteiger partial charge in [-0.25, -0.2) is 4.98 Å². The average molecular weight is 468 g/mol. The number of rotatable bonds is 2. The number of amides is 1. The predicted molar refractivity (Wildman–Crippen MR) is 115 cm³/mol. The normalized spacial score (nSPS) is 15.7. The Morgan fingerprint density at radius 2 is 1.90 bits per heavy atom. The van der Waals surface area contributed by atoms with Crippen LogP contribution >= 0.6 is 27.5 Å². The van der Waals surface area contributed by atoms with Crippen LogP contribution in [0.15, 0.2) is 80.5 Å². The van der Waals surface area contributed by atoms with Gasteiger partial charge in [-0.05, 0) is 48.0 Å². The molecule has 1 amide bonds. The maximum atomic E-state index is 13.5. The van der Waals surface area contributed by atoms with Gasteiger partial charge in [0.05, 0.1) is 17.0 Å². The first-order chi connectivity index (χ1) is 14.0. The van der Waals surface area contributed by atoms with E-state index in [9.17, 15) is 9.59 Å². The summed E-state index contributed by atoms with van der Waals surface area (Å²) in [6.45, 7) is 0. The quantitative estimate of drug-likeness (QED) is 0.398. The number of hydrogen-bond acceptors (Lipinski definition) is 4. The van der Waals surface area contributed by atoms with Gasteiger partial charge in [0.15, 0.2) is 5.43 Å². The van der Waals surface area contributed by atoms with Crippen LogP contribution in [0.1, 0.15) is 27.7 Å². The third-order valence-corrected chi connectivity index (χ3v) is 5.62. The molecule has 3 heterocycles. The van der Waals surface area contributed by atoms with Crippen LogP contribution in [-0.4, -0.2) is 10.9 Å². The van der Waals surface area contributed by atoms with Crippen LogP contribution < -0.4 is 10.3 Å². The highest BCUT2D eigenvalue weighted by Crippen LogP contribution is 2.41. The van der Waals surface area contributed by atoms with Crippen molar-refractivity contribution in [1.82, 2.24) is 4.98 Å². The van der Waals surface area contributed by atoms with E-state index >= 15 is 0 Å². The molecule has 0 N–H and O–H groups in total. The van der Waals surface area contributed by atoms with Crippen molar-refractivity contribution >= 4 is 50.2 Å². The van der Waals surface area contributed by atoms with Crippen LogP contribution in [0.3, 0.4) is 0 Å². The van der Waals surface area contributed by atoms with Crippen LogP contribution in [0.5, 0.6) is 0 Å². The van der Waals surface area contributed by atoms with Gasteiger partial charge in [0, 0.05) is 15.7 Å². The van der Waals surface area contributed by atoms with E-state index in [1.54, 1.807) is 60.8 Å². The Hall–Kier alpha value is -2.96. The fourth-order valence-corrected chi connectivity index (χ4v) is 4.23. The lowest BCUT2D eigenvalue weighted by atomic mass is 9.98. The van der Waals surface area contributed by atoms with Crippen molar-refractivity contribution in [2.75, 3.05) is 4.90 Å². The SMILES string of the molecule is O=C1c2oc3ccc(Br)cc3c(=O)c2C(c2cccc(Cl)c2)N1c1ccccn1. The number of hydrogen-bond donors (Lipinski definition) is 0. The van der Waals surface area contributed by atoms with Crippen molar-refractivity contribution in [2.45, 2.75) is 6.04 Å². The first kappa shape index (κ1) is 18.1. The molecular weight excluding hydrogens is 456 g/mol. The van der Waals surface area contributed by atoms with Crippen LogP contribution in [-0.2, 0) is 0 Å². The number of aromatic nitrogens is 1. The van der Waals surface area contributed by atoms with Gasteiger partial charge in [-0.2, -0.15) is 0 Å². The maximum Gasteiger partial charge on any atom is 0.296 e. The Balaban J connectivity index is 1.84. The molecule has 0 bridgehead atoms. The number of anilines is 1. The number of carbonyl (C=O) groups is 1. The number of nitrogens with zero attached hydrogens (tertiary/aromatic N) is 2. The van der Waals surface area contributed by atoms with Crippen molar-refractivity contribution < 1.29 is 9.21 Å². The van der Waals surface area contributed by atoms with Crippen LogP contribution in [0.4, 0.5) is 5.82 Å². The largest absolute Gasteiger partial charge is 0.450 e. The number of carbonyl (C=O) groups excluding carboxylic acids is 1. The van der Waals surface area contributed by atoms with Crippen molar-refractivity contribution in [3.8, 4) is 0 Å². The van der Waals surface area contributed by atoms with Gasteiger partial charge in [0.2, 0.25) is 5.76 Å². The summed E-state index contributed by atoms with van der Waals surface area (Å²) in [7, 11) is 0. The maximum absolute atomic E-state index is 13.5. The Kier molecular flexibility index (Phi) is 4.26. The predicted octanol–water partition coefficient (Wildman–Crippen LogP) is 5.35. The second-order valence-corrected chi connectivity index (χ2v) is 7.99. The van der Waals surface area contributed by atoms with E-state index in [0.717, 1.165) is 4.47 Å². The van der Waals surface area contributed by atoms with Crippen molar-refractivity contribution in [3.63, 3.8) is 0 Å². The minimum Gasteiger partial charge on any atom is -0.450 e. The molecule has 0 saturated carbocycles. The first-order valence-electron chi connectivity index (χ1n) is 8.81. The molecule has 0 fully saturated rings. The highest BCUT2D eigenvalue weighted by Gasteiger charge is 2.44. The average Bonchev–Trinajstić information content (AvgIpc) is 3.02. The Morgan fingerprint density at radius 1 is 1.03 bits per heavy atom. The molecule has 0 spiro atoms. The summed E-state index contributed by atoms with van der Waals surface area (Å²) in [5.74, 6) is 0.0459. The lowest BCUT2D eigenvalue weighted by molar-refractivity contribution is 0.0970. The fraction of sp³-hybridized carbons (Fsp3) is 0.0455. The third kappa shape index (κ3) is 2.87. The van der Waals surface area contributed by atoms with Crippen molar-refractivity contribution in [3.05, 3.63) is 103 Å². The van der Waals surface area contributed by atoms with Crippen LogP contribution in [0.25, 0.3) is 11.0 Å². The lowest BCUT2D eigenvalue weighted by Crippen LogP contribution is -2.30. The fourth-order valence-electron chi connectivity index (χ4n) is 3.67. The number of benzene rings is 2. The molecule has 142 valence electrons. The smallest absolute Gasteiger partial charge is 0.296 e. The molecule has 2 aromatic carbocycles. The number of halogens is 2. The van der Waals surface area contributed by atoms with Gasteiger partial charge in [-0.15, -0.1) is 0 Å². The molecule has 1 aliphatic rings. The van der Waals surface area contributed by atoms with Gasteiger partial charge in [-0.3, -0.25) is 14.5 Å². The van der Waals surface area contributed by atoms with E-state index in [4.69, 9.17) is 16.0 Å². The monoisotopic (exact) mass is 466 g/mol. The zero-order chi connectivity index (χ0) is 20.1. The Morgan fingerprint density at radius 3 is 2.66 bits per heavy atom. The molecule has 1 aliphatic heterocycles. The molecule has 0 saturated heterocycles. The first-order valence-corrected chi connectivity index (χ1v) is 9.98. The van der Waals surface area contributed by atoms with E-state index in [2.05, 4.69) is 20.9 Å². The zero-order valence-corrected chi connectivity index (χ0v) is 17.1. The summed E-state index contributed by atoms with van der Waals surface area (Å²) < 4.78 is 6.67. The molecule has 2 aromatic heterocycles. The van der Waals surface area contributed by atoms with Crippen molar-refractivity contribution in [2.24, 2.45) is 0 Å². The second-order valence-electron chi connectivity index (χ2n) is 6.64. The highest BCUT2D eigenvalue weighted by molar-refractivity contribution is 9.10. The second kappa shape index (κ2) is 6.83. The topological polar surface area (TPSA) is 63.4 Å². The molecule has 5 rings (SSSR count). The van der Waals surface area contributed by atoms with E-state index in [1.807, 2.05) is 6.07 Å². The summed E-state index contributed by atoms with van der Waals surface area (Å²) in [6, 6.07) is 16.8. The van der Waals surface area contributed by atoms with Gasteiger partial charge in [0.25, 0.3) is 5.91 Å².